The fourth-order valence-corrected chi connectivity index (χ4v) is 18.0. The third-order valence-corrected chi connectivity index (χ3v) is 25.8. The molecule has 0 bridgehead atoms. The summed E-state index contributed by atoms with van der Waals surface area (Å²) in [5.74, 6) is -3.33. The molecule has 6 fully saturated rings. The molecule has 8 heterocycles. The first kappa shape index (κ1) is 126. The van der Waals surface area contributed by atoms with Crippen molar-refractivity contribution in [2.24, 2.45) is 11.5 Å². The summed E-state index contributed by atoms with van der Waals surface area (Å²) in [6.45, 7) is 33.3. The summed E-state index contributed by atoms with van der Waals surface area (Å²) >= 11 is 5.63. The number of hydrogen-bond donors (Lipinski definition) is 9. The third kappa shape index (κ3) is 46.5. The van der Waals surface area contributed by atoms with Gasteiger partial charge in [-0.3, -0.25) is 140 Å². The molecule has 21 amide bonds. The first-order valence-corrected chi connectivity index (χ1v) is 53.6. The molecule has 6 saturated heterocycles. The normalized spacial score (nSPS) is 19.6. The zero-order chi connectivity index (χ0) is 105. The maximum absolute atomic E-state index is 12.6. The Bertz CT molecular complexity index is 4120. The number of nitrogens with one attached hydrogen (secondary N) is 7. The van der Waals surface area contributed by atoms with E-state index in [0.29, 0.717) is 97.1 Å². The Balaban J connectivity index is 0.000000551. The van der Waals surface area contributed by atoms with Crippen LogP contribution >= 0.6 is 47.0 Å². The van der Waals surface area contributed by atoms with Gasteiger partial charge in [-0.2, -0.15) is 47.0 Å². The van der Waals surface area contributed by atoms with Crippen molar-refractivity contribution in [2.75, 3.05) is 77.4 Å². The van der Waals surface area contributed by atoms with E-state index in [1.807, 2.05) is 121 Å². The fourth-order valence-electron chi connectivity index (χ4n) is 15.5. The zero-order valence-corrected chi connectivity index (χ0v) is 88.8. The van der Waals surface area contributed by atoms with Crippen LogP contribution in [0.5, 0.6) is 0 Å². The van der Waals surface area contributed by atoms with Crippen molar-refractivity contribution in [1.29, 1.82) is 0 Å². The van der Waals surface area contributed by atoms with Gasteiger partial charge in [-0.15, -0.1) is 0 Å². The minimum atomic E-state index is -0.933. The van der Waals surface area contributed by atoms with Gasteiger partial charge in [0.2, 0.25) is 100 Å². The van der Waals surface area contributed by atoms with Crippen LogP contribution in [0.1, 0.15) is 284 Å². The Labute approximate surface area is 838 Å². The molecule has 784 valence electrons. The van der Waals surface area contributed by atoms with Crippen molar-refractivity contribution in [2.45, 2.75) is 371 Å². The van der Waals surface area contributed by atoms with Crippen molar-refractivity contribution in [1.82, 2.24) is 76.4 Å². The van der Waals surface area contributed by atoms with Crippen LogP contribution in [0.15, 0.2) is 24.3 Å². The quantitative estimate of drug-likeness (QED) is 0.0209. The van der Waals surface area contributed by atoms with Crippen molar-refractivity contribution >= 4 is 177 Å². The van der Waals surface area contributed by atoms with Crippen LogP contribution in [0.3, 0.4) is 0 Å². The first-order chi connectivity index (χ1) is 65.3. The molecule has 0 aromatic carbocycles. The van der Waals surface area contributed by atoms with E-state index in [0.717, 1.165) is 131 Å². The molecule has 0 radical (unpaired) electrons. The van der Waals surface area contributed by atoms with E-state index >= 15 is 0 Å². The molecule has 139 heavy (non-hydrogen) atoms. The Morgan fingerprint density at radius 2 is 0.626 bits per heavy atom. The number of likely N-dealkylation sites (tertiary alicyclic amines) is 6. The lowest BCUT2D eigenvalue weighted by Crippen LogP contribution is -2.54. The highest BCUT2D eigenvalue weighted by molar-refractivity contribution is 8.00. The van der Waals surface area contributed by atoms with E-state index in [-0.39, 0.29) is 195 Å². The van der Waals surface area contributed by atoms with Gasteiger partial charge in [0.05, 0.1) is 39.5 Å². The summed E-state index contributed by atoms with van der Waals surface area (Å²) in [6, 6.07) is -2.16. The second-order valence-corrected chi connectivity index (χ2v) is 42.5. The minimum Gasteiger partial charge on any atom is -0.354 e. The molecule has 0 aromatic rings. The van der Waals surface area contributed by atoms with Gasteiger partial charge < -0.3 is 53.5 Å². The lowest BCUT2D eigenvalue weighted by molar-refractivity contribution is -0.146. The maximum atomic E-state index is 12.6. The smallest absolute Gasteiger partial charge is 0.254 e. The largest absolute Gasteiger partial charge is 0.354 e. The molecular weight excluding hydrogens is 1870 g/mol. The predicted octanol–water partition coefficient (Wildman–Crippen LogP) is 5.42. The maximum Gasteiger partial charge on any atom is 0.254 e. The number of nitrogens with two attached hydrogens (primary N) is 2. The molecule has 8 aliphatic rings. The molecule has 43 heteroatoms. The topological polar surface area (TPSA) is 538 Å². The fraction of sp³-hybridized carbons (Fsp3) is 0.729. The third-order valence-electron chi connectivity index (χ3n) is 22.1. The van der Waals surface area contributed by atoms with E-state index in [1.54, 1.807) is 20.1 Å². The van der Waals surface area contributed by atoms with Crippen LogP contribution in [0.25, 0.3) is 0 Å². The van der Waals surface area contributed by atoms with E-state index in [1.165, 1.54) is 83.7 Å². The Morgan fingerprint density at radius 1 is 0.353 bits per heavy atom. The summed E-state index contributed by atoms with van der Waals surface area (Å²) in [5.41, 5.74) is 10.5. The second-order valence-electron chi connectivity index (χ2n) is 38.3. The number of amides is 21. The zero-order valence-electron chi connectivity index (χ0n) is 85.5. The van der Waals surface area contributed by atoms with Gasteiger partial charge in [-0.25, -0.2) is 0 Å². The number of carbonyl (C=O) groups is 22. The summed E-state index contributed by atoms with van der Waals surface area (Å²) in [6.07, 6.45) is 30.3. The number of imide groups is 7. The van der Waals surface area contributed by atoms with Gasteiger partial charge in [0, 0.05) is 169 Å². The molecule has 7 unspecified atom stereocenters. The van der Waals surface area contributed by atoms with Gasteiger partial charge in [-0.05, 0) is 219 Å². The van der Waals surface area contributed by atoms with Gasteiger partial charge in [-0.1, -0.05) is 32.1 Å². The first-order valence-electron chi connectivity index (χ1n) is 48.4. The van der Waals surface area contributed by atoms with E-state index < -0.39 is 41.1 Å². The van der Waals surface area contributed by atoms with Crippen LogP contribution in [0, 0.1) is 0 Å². The van der Waals surface area contributed by atoms with Gasteiger partial charge in [0.1, 0.15) is 18.4 Å². The predicted molar refractivity (Wildman–Crippen MR) is 538 cm³/mol. The molecule has 0 saturated carbocycles. The summed E-state index contributed by atoms with van der Waals surface area (Å²) < 4.78 is 0. The summed E-state index contributed by atoms with van der Waals surface area (Å²) in [4.78, 5) is 267. The molecule has 8 rings (SSSR count). The average molecular weight is 2030 g/mol. The molecule has 39 nitrogen and oxygen atoms in total. The molecule has 0 aromatic heterocycles. The average Bonchev–Trinajstić information content (AvgIpc) is 1.66. The molecule has 8 aliphatic heterocycles. The highest BCUT2D eigenvalue weighted by Gasteiger charge is 2.47. The molecule has 8 atom stereocenters. The van der Waals surface area contributed by atoms with Crippen LogP contribution in [0.2, 0.25) is 0 Å². The summed E-state index contributed by atoms with van der Waals surface area (Å²) in [5, 5.41) is 18.7. The minimum absolute atomic E-state index is 0.0276. The molecule has 11 N–H and O–H groups in total. The highest BCUT2D eigenvalue weighted by Crippen LogP contribution is 2.30. The second kappa shape index (κ2) is 65.0. The molecule has 0 spiro atoms. The summed E-state index contributed by atoms with van der Waals surface area (Å²) in [7, 11) is 0. The molecule has 0 aliphatic carbocycles. The number of nitrogens with zero attached hydrogens (tertiary/aromatic N) is 8. The van der Waals surface area contributed by atoms with Gasteiger partial charge >= 0.3 is 0 Å². The van der Waals surface area contributed by atoms with E-state index in [9.17, 15) is 105 Å². The number of thioether (sulfide) groups is 4. The van der Waals surface area contributed by atoms with Gasteiger partial charge in [0.25, 0.3) is 23.6 Å². The highest BCUT2D eigenvalue weighted by atomic mass is 32.2. The van der Waals surface area contributed by atoms with Crippen LogP contribution in [-0.4, -0.2) is 333 Å². The monoisotopic (exact) mass is 2030 g/mol. The lowest BCUT2D eigenvalue weighted by Gasteiger charge is -2.25. The van der Waals surface area contributed by atoms with Crippen LogP contribution in [-0.2, 0) is 105 Å². The number of hydrogen-bond acceptors (Lipinski definition) is 29. The van der Waals surface area contributed by atoms with Gasteiger partial charge in [0.15, 0.2) is 0 Å². The van der Waals surface area contributed by atoms with Crippen molar-refractivity contribution < 1.29 is 105 Å². The van der Waals surface area contributed by atoms with Crippen molar-refractivity contribution in [3.63, 3.8) is 0 Å². The van der Waals surface area contributed by atoms with Crippen LogP contribution < -0.4 is 48.7 Å². The van der Waals surface area contributed by atoms with E-state index in [2.05, 4.69) is 37.2 Å². The Hall–Kier alpha value is -9.30. The van der Waals surface area contributed by atoms with Crippen molar-refractivity contribution in [3.8, 4) is 0 Å². The standard InChI is InChI=1S/C19H31N3O4.C15H26N2O3S.2C14H24N2O3S.C13H20N2O3.C11H19N3O3S.C10H15N3O3/c1-19(2,3)20-16(24)9-5-4-6-10-22-17(25)12-15(18(22)26)21-11-7-8-14(21)13-23;1-15(2,3)16-12(18)8-6-5-7-9-17-13(19)10-11(21-4)14(17)20;2*1-10(2)15-12(17)7-5-4-6-8-16-13(18)9-11(20-3)14(16)19;1-10(2)14-11(16)6-4-3-5-9-15-12(17)7-8-13(15)18;1-6(2)13-10(16)7(5-12)14-9(15)4-8(18-3)11(14)17;1-6(2)12-10(16)7(5-11)13-8(14)3-4-9(13)15/h13-15H,4-12H2,1-3H3,(H,20,24);11H,5-10H2,1-4H3,(H,16,18);2*10-11H,4-9H2,1-3H3,(H,15,17);7-8,10H,3-6,9H2,1-2H3,(H,14,16);6-8H,4-5,12H2,1-3H3,(H,13,16);3-4,6-7H,5,11H2,1-2H3,(H,12,16)/t14-,15?;;;;;;/m0....../s1. The number of unbranched alkanes of at least 4 members (excludes halogenated alkanes) is 10. The lowest BCUT2D eigenvalue weighted by atomic mass is 10.1. The SMILES string of the molecule is CC(C)(C)NC(=O)CCCCCN1C(=O)CC(N2CCC[C@H]2C=O)C1=O.CC(C)NC(=O)C(CN)N1C(=O)C=CC1=O.CC(C)NC(=O)CCCCCN1C(=O)C=CC1=O.CSC1CC(=O)N(C(CN)C(=O)NC(C)C)C1=O.CSC1CC(=O)N(CCCCCC(=O)NC(C)(C)C)C1=O.CSC1CC(=O)N(CCCCCC(=O)NC(C)C)C1=O.CSC1CC(=O)N(CCCCCC(=O)NC(C)C)C1=O. The Morgan fingerprint density at radius 3 is 0.906 bits per heavy atom. The number of aldehydes is 1. The molecular formula is C96H159N17O22S4. The van der Waals surface area contributed by atoms with E-state index in [4.69, 9.17) is 11.5 Å². The number of carbonyl (C=O) groups excluding carboxylic acids is 22. The Kier molecular flexibility index (Phi) is 58.8. The number of rotatable bonds is 47. The van der Waals surface area contributed by atoms with Crippen LogP contribution in [0.4, 0.5) is 0 Å². The van der Waals surface area contributed by atoms with Crippen molar-refractivity contribution in [3.05, 3.63) is 24.3 Å².